The minimum Gasteiger partial charge on any atom is -0.357 e. The summed E-state index contributed by atoms with van der Waals surface area (Å²) >= 11 is 0. The van der Waals surface area contributed by atoms with E-state index >= 15 is 0 Å². The van der Waals surface area contributed by atoms with Crippen molar-refractivity contribution < 1.29 is 4.79 Å². The van der Waals surface area contributed by atoms with E-state index in [1.54, 1.807) is 0 Å². The number of nitrogens with zero attached hydrogens (tertiary/aromatic N) is 2. The fourth-order valence-corrected chi connectivity index (χ4v) is 2.96. The van der Waals surface area contributed by atoms with Crippen LogP contribution in [0.3, 0.4) is 0 Å². The van der Waals surface area contributed by atoms with Crippen LogP contribution in [0.4, 0.5) is 0 Å². The van der Waals surface area contributed by atoms with Gasteiger partial charge in [-0.3, -0.25) is 4.79 Å². The van der Waals surface area contributed by atoms with Gasteiger partial charge in [0.1, 0.15) is 0 Å². The number of hydrogen-bond acceptors (Lipinski definition) is 3. The number of carbonyl (C=O) groups is 1. The number of likely N-dealkylation sites (N-methyl/N-ethyl adjacent to an activating group) is 1. The molecule has 0 radical (unpaired) electrons. The van der Waals surface area contributed by atoms with E-state index in [2.05, 4.69) is 52.1 Å². The van der Waals surface area contributed by atoms with Crippen molar-refractivity contribution in [2.45, 2.75) is 26.3 Å². The van der Waals surface area contributed by atoms with Gasteiger partial charge in [-0.2, -0.15) is 0 Å². The first-order valence-electron chi connectivity index (χ1n) is 10.7. The van der Waals surface area contributed by atoms with Crippen molar-refractivity contribution in [3.05, 3.63) is 71.3 Å². The Labute approximate surface area is 180 Å². The third-order valence-corrected chi connectivity index (χ3v) is 4.58. The fourth-order valence-electron chi connectivity index (χ4n) is 2.96. The van der Waals surface area contributed by atoms with Gasteiger partial charge in [0.15, 0.2) is 5.96 Å². The predicted molar refractivity (Wildman–Crippen MR) is 125 cm³/mol. The molecule has 0 aromatic heterocycles. The molecule has 0 aliphatic heterocycles. The molecule has 162 valence electrons. The molecule has 2 aromatic carbocycles. The quantitative estimate of drug-likeness (QED) is 0.303. The molecule has 30 heavy (non-hydrogen) atoms. The second-order valence-electron chi connectivity index (χ2n) is 7.47. The molecule has 0 spiro atoms. The van der Waals surface area contributed by atoms with Gasteiger partial charge >= 0.3 is 0 Å². The minimum atomic E-state index is -0.0476. The van der Waals surface area contributed by atoms with Crippen LogP contribution in [0.1, 0.15) is 34.8 Å². The van der Waals surface area contributed by atoms with Gasteiger partial charge in [-0.15, -0.1) is 0 Å². The zero-order chi connectivity index (χ0) is 21.6. The van der Waals surface area contributed by atoms with E-state index in [0.717, 1.165) is 44.0 Å². The van der Waals surface area contributed by atoms with Crippen molar-refractivity contribution in [3.63, 3.8) is 0 Å². The number of aliphatic imine (C=N–C) groups is 1. The summed E-state index contributed by atoms with van der Waals surface area (Å²) in [4.78, 5) is 19.0. The van der Waals surface area contributed by atoms with Crippen LogP contribution < -0.4 is 16.0 Å². The summed E-state index contributed by atoms with van der Waals surface area (Å²) in [5.74, 6) is 0.750. The topological polar surface area (TPSA) is 68.8 Å². The highest BCUT2D eigenvalue weighted by Crippen LogP contribution is 2.07. The number of hydrogen-bond donors (Lipinski definition) is 3. The second kappa shape index (κ2) is 13.4. The van der Waals surface area contributed by atoms with E-state index in [0.29, 0.717) is 18.7 Å². The van der Waals surface area contributed by atoms with Crippen LogP contribution in [0.5, 0.6) is 0 Å². The van der Waals surface area contributed by atoms with Crippen molar-refractivity contribution in [2.75, 3.05) is 40.3 Å². The molecule has 6 nitrogen and oxygen atoms in total. The molecule has 0 fully saturated rings. The van der Waals surface area contributed by atoms with Gasteiger partial charge in [0.2, 0.25) is 0 Å². The molecule has 1 amide bonds. The molecule has 0 bridgehead atoms. The normalized spacial score (nSPS) is 11.4. The maximum absolute atomic E-state index is 12.3. The smallest absolute Gasteiger partial charge is 0.251 e. The van der Waals surface area contributed by atoms with Gasteiger partial charge in [0.25, 0.3) is 5.91 Å². The maximum atomic E-state index is 12.3. The monoisotopic (exact) mass is 409 g/mol. The molecule has 0 atom stereocenters. The first-order valence-corrected chi connectivity index (χ1v) is 10.7. The van der Waals surface area contributed by atoms with Crippen molar-refractivity contribution in [1.29, 1.82) is 0 Å². The molecule has 0 saturated carbocycles. The molecule has 2 rings (SSSR count). The highest BCUT2D eigenvalue weighted by Gasteiger charge is 2.06. The SMILES string of the molecule is CCNC(=NCc1cccc(C(=O)NCCN(C)C)c1)NCCCc1ccccc1. The van der Waals surface area contributed by atoms with E-state index in [9.17, 15) is 4.79 Å². The molecular weight excluding hydrogens is 374 g/mol. The standard InChI is InChI=1S/C24H35N5O/c1-4-25-24(27-15-9-13-20-10-6-5-7-11-20)28-19-21-12-8-14-22(18-21)23(30)26-16-17-29(2)3/h5-8,10-12,14,18H,4,9,13,15-17,19H2,1-3H3,(H,26,30)(H2,25,27,28). The number of carbonyl (C=O) groups excluding carboxylic acids is 1. The Hall–Kier alpha value is -2.86. The molecule has 0 unspecified atom stereocenters. The lowest BCUT2D eigenvalue weighted by Gasteiger charge is -2.12. The molecule has 0 heterocycles. The average molecular weight is 410 g/mol. The van der Waals surface area contributed by atoms with Crippen molar-refractivity contribution in [3.8, 4) is 0 Å². The zero-order valence-electron chi connectivity index (χ0n) is 18.4. The van der Waals surface area contributed by atoms with Gasteiger partial charge < -0.3 is 20.9 Å². The number of amides is 1. The lowest BCUT2D eigenvalue weighted by molar-refractivity contribution is 0.0951. The van der Waals surface area contributed by atoms with E-state index in [1.165, 1.54) is 5.56 Å². The van der Waals surface area contributed by atoms with Gasteiger partial charge in [-0.1, -0.05) is 42.5 Å². The Morgan fingerprint density at radius 1 is 0.933 bits per heavy atom. The first-order chi connectivity index (χ1) is 14.6. The summed E-state index contributed by atoms with van der Waals surface area (Å²) < 4.78 is 0. The van der Waals surface area contributed by atoms with Crippen molar-refractivity contribution in [1.82, 2.24) is 20.9 Å². The molecule has 2 aromatic rings. The second-order valence-corrected chi connectivity index (χ2v) is 7.47. The molecular formula is C24H35N5O. The lowest BCUT2D eigenvalue weighted by Crippen LogP contribution is -2.37. The number of guanidine groups is 1. The average Bonchev–Trinajstić information content (AvgIpc) is 2.75. The van der Waals surface area contributed by atoms with Crippen LogP contribution in [0.2, 0.25) is 0 Å². The molecule has 6 heteroatoms. The maximum Gasteiger partial charge on any atom is 0.251 e. The van der Waals surface area contributed by atoms with E-state index in [1.807, 2.05) is 49.3 Å². The van der Waals surface area contributed by atoms with E-state index in [-0.39, 0.29) is 5.91 Å². The predicted octanol–water partition coefficient (Wildman–Crippen LogP) is 2.67. The zero-order valence-corrected chi connectivity index (χ0v) is 18.4. The van der Waals surface area contributed by atoms with E-state index < -0.39 is 0 Å². The molecule has 0 aliphatic rings. The number of nitrogens with one attached hydrogen (secondary N) is 3. The van der Waals surface area contributed by atoms with Gasteiger partial charge in [0, 0.05) is 31.7 Å². The fraction of sp³-hybridized carbons (Fsp3) is 0.417. The molecule has 3 N–H and O–H groups in total. The first kappa shape index (κ1) is 23.4. The Morgan fingerprint density at radius 3 is 2.43 bits per heavy atom. The van der Waals surface area contributed by atoms with E-state index in [4.69, 9.17) is 0 Å². The third-order valence-electron chi connectivity index (χ3n) is 4.58. The van der Waals surface area contributed by atoms with Crippen LogP contribution in [-0.2, 0) is 13.0 Å². The molecule has 0 saturated heterocycles. The highest BCUT2D eigenvalue weighted by atomic mass is 16.1. The lowest BCUT2D eigenvalue weighted by atomic mass is 10.1. The number of benzene rings is 2. The van der Waals surface area contributed by atoms with Gasteiger partial charge in [-0.25, -0.2) is 4.99 Å². The van der Waals surface area contributed by atoms with Crippen molar-refractivity contribution in [2.24, 2.45) is 4.99 Å². The summed E-state index contributed by atoms with van der Waals surface area (Å²) in [6, 6.07) is 18.2. The van der Waals surface area contributed by atoms with Crippen LogP contribution in [0.25, 0.3) is 0 Å². The van der Waals surface area contributed by atoms with Crippen molar-refractivity contribution >= 4 is 11.9 Å². The van der Waals surface area contributed by atoms with Crippen LogP contribution in [-0.4, -0.2) is 57.0 Å². The number of aryl methyl sites for hydroxylation is 1. The summed E-state index contributed by atoms with van der Waals surface area (Å²) in [7, 11) is 3.98. The van der Waals surface area contributed by atoms with Crippen LogP contribution >= 0.6 is 0 Å². The Bertz CT molecular complexity index is 789. The summed E-state index contributed by atoms with van der Waals surface area (Å²) in [6.07, 6.45) is 2.08. The Kier molecular flexibility index (Phi) is 10.4. The summed E-state index contributed by atoms with van der Waals surface area (Å²) in [6.45, 7) is 5.68. The minimum absolute atomic E-state index is 0.0476. The Morgan fingerprint density at radius 2 is 1.70 bits per heavy atom. The molecule has 0 aliphatic carbocycles. The Balaban J connectivity index is 1.85. The van der Waals surface area contributed by atoms with Crippen LogP contribution in [0, 0.1) is 0 Å². The highest BCUT2D eigenvalue weighted by molar-refractivity contribution is 5.94. The summed E-state index contributed by atoms with van der Waals surface area (Å²) in [5, 5.41) is 9.62. The summed E-state index contributed by atoms with van der Waals surface area (Å²) in [5.41, 5.74) is 3.03. The largest absolute Gasteiger partial charge is 0.357 e. The third kappa shape index (κ3) is 9.09. The van der Waals surface area contributed by atoms with Crippen LogP contribution in [0.15, 0.2) is 59.6 Å². The van der Waals surface area contributed by atoms with Gasteiger partial charge in [-0.05, 0) is 57.1 Å². The van der Waals surface area contributed by atoms with Gasteiger partial charge in [0.05, 0.1) is 6.54 Å². The number of rotatable bonds is 11.